The third kappa shape index (κ3) is 1.62. The van der Waals surface area contributed by atoms with E-state index in [1.807, 2.05) is 0 Å². The normalized spacial score (nSPS) is 31.6. The van der Waals surface area contributed by atoms with Crippen molar-refractivity contribution in [2.45, 2.75) is 25.4 Å². The van der Waals surface area contributed by atoms with Crippen LogP contribution >= 0.6 is 0 Å². The Morgan fingerprint density at radius 2 is 2.29 bits per heavy atom. The Morgan fingerprint density at radius 1 is 1.50 bits per heavy atom. The first-order valence-electron chi connectivity index (χ1n) is 5.21. The van der Waals surface area contributed by atoms with E-state index in [4.69, 9.17) is 5.73 Å². The average molecular weight is 190 g/mol. The second-order valence-electron chi connectivity index (χ2n) is 4.34. The molecule has 2 heteroatoms. The molecule has 1 heterocycles. The molecule has 0 saturated heterocycles. The second-order valence-corrected chi connectivity index (χ2v) is 4.34. The van der Waals surface area contributed by atoms with E-state index >= 15 is 0 Å². The molecule has 0 fully saturated rings. The molecule has 2 rings (SSSR count). The Hall–Kier alpha value is -1.02. The molecule has 0 saturated carbocycles. The zero-order valence-corrected chi connectivity index (χ0v) is 8.85. The summed E-state index contributed by atoms with van der Waals surface area (Å²) in [6.07, 6.45) is 12.1. The molecule has 3 atom stereocenters. The summed E-state index contributed by atoms with van der Waals surface area (Å²) in [7, 11) is 2.13. The maximum absolute atomic E-state index is 5.85. The van der Waals surface area contributed by atoms with E-state index in [1.54, 1.807) is 0 Å². The van der Waals surface area contributed by atoms with Crippen molar-refractivity contribution < 1.29 is 0 Å². The first-order valence-corrected chi connectivity index (χ1v) is 5.21. The first-order chi connectivity index (χ1) is 6.68. The van der Waals surface area contributed by atoms with E-state index in [0.717, 1.165) is 6.42 Å². The molecule has 2 N–H and O–H groups in total. The van der Waals surface area contributed by atoms with Crippen LogP contribution in [0.5, 0.6) is 0 Å². The van der Waals surface area contributed by atoms with Gasteiger partial charge in [0.15, 0.2) is 0 Å². The van der Waals surface area contributed by atoms with Crippen molar-refractivity contribution in [3.8, 4) is 0 Å². The lowest BCUT2D eigenvalue weighted by molar-refractivity contribution is 0.353. The predicted molar refractivity (Wildman–Crippen MR) is 59.7 cm³/mol. The standard InChI is InChI=1S/C12H18N2/c1-9(13)8-11-5-3-4-10-6-7-14(2)12(10)11/h3-7,9-10,12H,8,13H2,1-2H3. The third-order valence-corrected chi connectivity index (χ3v) is 2.93. The summed E-state index contributed by atoms with van der Waals surface area (Å²) in [5.41, 5.74) is 7.31. The summed E-state index contributed by atoms with van der Waals surface area (Å²) in [4.78, 5) is 2.28. The minimum atomic E-state index is 0.252. The molecule has 2 nitrogen and oxygen atoms in total. The van der Waals surface area contributed by atoms with Crippen LogP contribution in [0.4, 0.5) is 0 Å². The quantitative estimate of drug-likeness (QED) is 0.717. The average Bonchev–Trinajstić information content (AvgIpc) is 2.48. The molecular formula is C12H18N2. The molecule has 0 aromatic carbocycles. The molecule has 2 aliphatic rings. The molecule has 0 radical (unpaired) electrons. The van der Waals surface area contributed by atoms with Gasteiger partial charge in [-0.05, 0) is 25.1 Å². The first kappa shape index (κ1) is 9.53. The number of likely N-dealkylation sites (N-methyl/N-ethyl adjacent to an activating group) is 1. The Balaban J connectivity index is 2.16. The van der Waals surface area contributed by atoms with E-state index < -0.39 is 0 Å². The van der Waals surface area contributed by atoms with Gasteiger partial charge in [0.1, 0.15) is 0 Å². The van der Waals surface area contributed by atoms with Crippen molar-refractivity contribution in [1.82, 2.24) is 4.90 Å². The summed E-state index contributed by atoms with van der Waals surface area (Å²) in [5, 5.41) is 0. The molecule has 14 heavy (non-hydrogen) atoms. The smallest absolute Gasteiger partial charge is 0.0595 e. The number of hydrogen-bond acceptors (Lipinski definition) is 2. The molecule has 1 aliphatic heterocycles. The Kier molecular flexibility index (Phi) is 2.46. The van der Waals surface area contributed by atoms with Gasteiger partial charge in [0.25, 0.3) is 0 Å². The number of hydrogen-bond donors (Lipinski definition) is 1. The lowest BCUT2D eigenvalue weighted by Gasteiger charge is -2.30. The monoisotopic (exact) mass is 190 g/mol. The Labute approximate surface area is 85.8 Å². The van der Waals surface area contributed by atoms with Crippen molar-refractivity contribution in [1.29, 1.82) is 0 Å². The van der Waals surface area contributed by atoms with Crippen LogP contribution in [0, 0.1) is 5.92 Å². The van der Waals surface area contributed by atoms with Gasteiger partial charge in [-0.25, -0.2) is 0 Å². The number of fused-ring (bicyclic) bond motifs is 1. The maximum Gasteiger partial charge on any atom is 0.0595 e. The van der Waals surface area contributed by atoms with Gasteiger partial charge in [0.2, 0.25) is 0 Å². The minimum Gasteiger partial charge on any atom is -0.373 e. The highest BCUT2D eigenvalue weighted by molar-refractivity contribution is 5.33. The van der Waals surface area contributed by atoms with Crippen LogP contribution in [-0.4, -0.2) is 24.0 Å². The van der Waals surface area contributed by atoms with Crippen molar-refractivity contribution >= 4 is 0 Å². The third-order valence-electron chi connectivity index (χ3n) is 2.93. The van der Waals surface area contributed by atoms with Crippen LogP contribution in [0.2, 0.25) is 0 Å². The van der Waals surface area contributed by atoms with Crippen molar-refractivity contribution in [3.63, 3.8) is 0 Å². The number of nitrogens with zero attached hydrogens (tertiary/aromatic N) is 1. The highest BCUT2D eigenvalue weighted by Gasteiger charge is 2.29. The molecule has 0 aromatic heterocycles. The van der Waals surface area contributed by atoms with E-state index in [0.29, 0.717) is 12.0 Å². The van der Waals surface area contributed by atoms with Gasteiger partial charge in [-0.2, -0.15) is 0 Å². The number of rotatable bonds is 2. The van der Waals surface area contributed by atoms with Gasteiger partial charge in [-0.1, -0.05) is 24.3 Å². The van der Waals surface area contributed by atoms with Gasteiger partial charge in [-0.3, -0.25) is 0 Å². The minimum absolute atomic E-state index is 0.252. The highest BCUT2D eigenvalue weighted by atomic mass is 15.1. The molecule has 0 spiro atoms. The Bertz CT molecular complexity index is 299. The zero-order chi connectivity index (χ0) is 10.1. The lowest BCUT2D eigenvalue weighted by atomic mass is 9.87. The van der Waals surface area contributed by atoms with Crippen LogP contribution in [0.25, 0.3) is 0 Å². The van der Waals surface area contributed by atoms with Gasteiger partial charge >= 0.3 is 0 Å². The maximum atomic E-state index is 5.85. The highest BCUT2D eigenvalue weighted by Crippen LogP contribution is 2.31. The van der Waals surface area contributed by atoms with E-state index in [9.17, 15) is 0 Å². The molecular weight excluding hydrogens is 172 g/mol. The SMILES string of the molecule is CC(N)CC1=CC=CC2C=CN(C)C12. The number of nitrogens with two attached hydrogens (primary N) is 1. The van der Waals surface area contributed by atoms with E-state index in [-0.39, 0.29) is 6.04 Å². The fraction of sp³-hybridized carbons (Fsp3) is 0.500. The topological polar surface area (TPSA) is 29.3 Å². The molecule has 0 amide bonds. The van der Waals surface area contributed by atoms with E-state index in [2.05, 4.69) is 49.4 Å². The van der Waals surface area contributed by atoms with Crippen LogP contribution in [-0.2, 0) is 0 Å². The molecule has 0 bridgehead atoms. The lowest BCUT2D eigenvalue weighted by Crippen LogP contribution is -2.33. The van der Waals surface area contributed by atoms with Crippen molar-refractivity contribution in [2.75, 3.05) is 7.05 Å². The zero-order valence-electron chi connectivity index (χ0n) is 8.85. The summed E-state index contributed by atoms with van der Waals surface area (Å²) in [6, 6.07) is 0.772. The molecule has 3 unspecified atom stereocenters. The van der Waals surface area contributed by atoms with Crippen LogP contribution in [0.3, 0.4) is 0 Å². The van der Waals surface area contributed by atoms with Crippen molar-refractivity contribution in [3.05, 3.63) is 36.1 Å². The predicted octanol–water partition coefficient (Wildman–Crippen LogP) is 1.66. The Morgan fingerprint density at radius 3 is 3.00 bits per heavy atom. The molecule has 1 aliphatic carbocycles. The fourth-order valence-electron chi connectivity index (χ4n) is 2.35. The molecule has 0 aromatic rings. The van der Waals surface area contributed by atoms with Crippen molar-refractivity contribution in [2.24, 2.45) is 11.7 Å². The van der Waals surface area contributed by atoms with Gasteiger partial charge in [0, 0.05) is 19.0 Å². The molecule has 76 valence electrons. The van der Waals surface area contributed by atoms with E-state index in [1.165, 1.54) is 5.57 Å². The van der Waals surface area contributed by atoms with Gasteiger partial charge in [0.05, 0.1) is 6.04 Å². The largest absolute Gasteiger partial charge is 0.373 e. The van der Waals surface area contributed by atoms with Gasteiger partial charge in [-0.15, -0.1) is 0 Å². The van der Waals surface area contributed by atoms with Crippen LogP contribution < -0.4 is 5.73 Å². The summed E-state index contributed by atoms with van der Waals surface area (Å²) >= 11 is 0. The van der Waals surface area contributed by atoms with Crippen LogP contribution in [0.15, 0.2) is 36.1 Å². The van der Waals surface area contributed by atoms with Crippen LogP contribution in [0.1, 0.15) is 13.3 Å². The summed E-state index contributed by atoms with van der Waals surface area (Å²) in [6.45, 7) is 2.07. The number of allylic oxidation sites excluding steroid dienone is 2. The van der Waals surface area contributed by atoms with Gasteiger partial charge < -0.3 is 10.6 Å². The second kappa shape index (κ2) is 3.62. The summed E-state index contributed by atoms with van der Waals surface area (Å²) in [5.74, 6) is 0.554. The fourth-order valence-corrected chi connectivity index (χ4v) is 2.35. The summed E-state index contributed by atoms with van der Waals surface area (Å²) < 4.78 is 0.